The SMILES string of the molecule is CCC(=O)N(C)C[CH]O. The average Bonchev–Trinajstić information content (AvgIpc) is 1.87. The summed E-state index contributed by atoms with van der Waals surface area (Å²) in [4.78, 5) is 12.2. The Hall–Kier alpha value is -0.570. The van der Waals surface area contributed by atoms with Crippen molar-refractivity contribution >= 4 is 5.91 Å². The zero-order valence-corrected chi connectivity index (χ0v) is 5.79. The zero-order valence-electron chi connectivity index (χ0n) is 5.79. The quantitative estimate of drug-likeness (QED) is 0.600. The van der Waals surface area contributed by atoms with Crippen LogP contribution >= 0.6 is 0 Å². The molecule has 0 aromatic carbocycles. The van der Waals surface area contributed by atoms with E-state index in [9.17, 15) is 4.79 Å². The van der Waals surface area contributed by atoms with E-state index in [1.54, 1.807) is 14.0 Å². The summed E-state index contributed by atoms with van der Waals surface area (Å²) >= 11 is 0. The fourth-order valence-corrected chi connectivity index (χ4v) is 0.494. The molecule has 0 aliphatic rings. The minimum Gasteiger partial charge on any atom is -0.389 e. The molecule has 3 nitrogen and oxygen atoms in total. The molecule has 0 aromatic heterocycles. The standard InChI is InChI=1S/C6H12NO2/c1-3-6(9)7(2)4-5-8/h5,8H,3-4H2,1-2H3. The monoisotopic (exact) mass is 130 g/mol. The number of rotatable bonds is 3. The molecule has 0 bridgehead atoms. The summed E-state index contributed by atoms with van der Waals surface area (Å²) in [7, 11) is 1.65. The van der Waals surface area contributed by atoms with Gasteiger partial charge < -0.3 is 10.0 Å². The first kappa shape index (κ1) is 8.43. The van der Waals surface area contributed by atoms with Crippen LogP contribution in [0.4, 0.5) is 0 Å². The van der Waals surface area contributed by atoms with Crippen LogP contribution in [0.25, 0.3) is 0 Å². The maximum absolute atomic E-state index is 10.7. The van der Waals surface area contributed by atoms with Crippen LogP contribution in [0, 0.1) is 6.61 Å². The van der Waals surface area contributed by atoms with Crippen molar-refractivity contribution in [1.29, 1.82) is 0 Å². The second-order valence-corrected chi connectivity index (χ2v) is 1.81. The molecule has 1 N–H and O–H groups in total. The maximum atomic E-state index is 10.7. The number of nitrogens with zero attached hydrogens (tertiary/aromatic N) is 1. The second-order valence-electron chi connectivity index (χ2n) is 1.81. The third-order valence-corrected chi connectivity index (χ3v) is 1.08. The van der Waals surface area contributed by atoms with Gasteiger partial charge in [-0.3, -0.25) is 4.79 Å². The van der Waals surface area contributed by atoms with Crippen molar-refractivity contribution in [3.8, 4) is 0 Å². The summed E-state index contributed by atoms with van der Waals surface area (Å²) in [6.45, 7) is 3.07. The summed E-state index contributed by atoms with van der Waals surface area (Å²) in [5, 5.41) is 8.26. The van der Waals surface area contributed by atoms with Gasteiger partial charge in [-0.15, -0.1) is 0 Å². The summed E-state index contributed by atoms with van der Waals surface area (Å²) < 4.78 is 0. The van der Waals surface area contributed by atoms with E-state index >= 15 is 0 Å². The van der Waals surface area contributed by atoms with E-state index < -0.39 is 0 Å². The van der Waals surface area contributed by atoms with Crippen LogP contribution in [0.15, 0.2) is 0 Å². The van der Waals surface area contributed by atoms with E-state index in [4.69, 9.17) is 5.11 Å². The largest absolute Gasteiger partial charge is 0.389 e. The maximum Gasteiger partial charge on any atom is 0.222 e. The number of hydrogen-bond donors (Lipinski definition) is 1. The second kappa shape index (κ2) is 4.32. The molecule has 53 valence electrons. The normalized spacial score (nSPS) is 9.22. The molecule has 0 atom stereocenters. The highest BCUT2D eigenvalue weighted by Crippen LogP contribution is 1.88. The number of aliphatic hydroxyl groups excluding tert-OH is 1. The Morgan fingerprint density at radius 3 is 2.67 bits per heavy atom. The van der Waals surface area contributed by atoms with Crippen LogP contribution in [0.2, 0.25) is 0 Å². The Morgan fingerprint density at radius 1 is 1.78 bits per heavy atom. The lowest BCUT2D eigenvalue weighted by Gasteiger charge is -2.12. The summed E-state index contributed by atoms with van der Waals surface area (Å²) in [5.41, 5.74) is 0. The van der Waals surface area contributed by atoms with E-state index in [0.29, 0.717) is 13.0 Å². The van der Waals surface area contributed by atoms with Gasteiger partial charge in [0.2, 0.25) is 5.91 Å². The highest BCUT2D eigenvalue weighted by Gasteiger charge is 2.02. The van der Waals surface area contributed by atoms with Gasteiger partial charge in [-0.05, 0) is 0 Å². The van der Waals surface area contributed by atoms with Crippen molar-refractivity contribution in [2.24, 2.45) is 0 Å². The minimum absolute atomic E-state index is 0.0419. The topological polar surface area (TPSA) is 40.5 Å². The molecular weight excluding hydrogens is 118 g/mol. The van der Waals surface area contributed by atoms with Gasteiger partial charge in [-0.1, -0.05) is 6.92 Å². The van der Waals surface area contributed by atoms with Crippen molar-refractivity contribution in [1.82, 2.24) is 4.90 Å². The molecule has 0 unspecified atom stereocenters. The third-order valence-electron chi connectivity index (χ3n) is 1.08. The van der Waals surface area contributed by atoms with Crippen LogP contribution in [0.5, 0.6) is 0 Å². The average molecular weight is 130 g/mol. The van der Waals surface area contributed by atoms with Crippen LogP contribution in [-0.2, 0) is 4.79 Å². The van der Waals surface area contributed by atoms with E-state index in [0.717, 1.165) is 6.61 Å². The van der Waals surface area contributed by atoms with Gasteiger partial charge in [0.15, 0.2) is 0 Å². The van der Waals surface area contributed by atoms with Crippen molar-refractivity contribution < 1.29 is 9.90 Å². The molecule has 1 amide bonds. The van der Waals surface area contributed by atoms with Gasteiger partial charge in [-0.2, -0.15) is 0 Å². The van der Waals surface area contributed by atoms with Gasteiger partial charge in [0.05, 0.1) is 6.61 Å². The van der Waals surface area contributed by atoms with Gasteiger partial charge >= 0.3 is 0 Å². The number of amides is 1. The summed E-state index contributed by atoms with van der Waals surface area (Å²) in [6, 6.07) is 0. The smallest absolute Gasteiger partial charge is 0.222 e. The fourth-order valence-electron chi connectivity index (χ4n) is 0.494. The lowest BCUT2D eigenvalue weighted by molar-refractivity contribution is -0.129. The number of likely N-dealkylation sites (N-methyl/N-ethyl adjacent to an activating group) is 1. The first-order valence-electron chi connectivity index (χ1n) is 2.92. The zero-order chi connectivity index (χ0) is 7.28. The van der Waals surface area contributed by atoms with Gasteiger partial charge in [0.1, 0.15) is 0 Å². The predicted molar refractivity (Wildman–Crippen MR) is 34.2 cm³/mol. The highest BCUT2D eigenvalue weighted by molar-refractivity contribution is 5.75. The first-order valence-corrected chi connectivity index (χ1v) is 2.92. The molecule has 0 saturated carbocycles. The Labute approximate surface area is 55.3 Å². The van der Waals surface area contributed by atoms with Crippen molar-refractivity contribution in [3.63, 3.8) is 0 Å². The molecule has 0 rings (SSSR count). The van der Waals surface area contributed by atoms with E-state index in [1.807, 2.05) is 0 Å². The van der Waals surface area contributed by atoms with E-state index in [2.05, 4.69) is 0 Å². The number of aliphatic hydroxyl groups is 1. The molecule has 0 saturated heterocycles. The Bertz CT molecular complexity index is 93.1. The van der Waals surface area contributed by atoms with Gasteiger partial charge in [0.25, 0.3) is 0 Å². The van der Waals surface area contributed by atoms with Crippen molar-refractivity contribution in [2.75, 3.05) is 13.6 Å². The summed E-state index contributed by atoms with van der Waals surface area (Å²) in [5.74, 6) is 0.0419. The molecule has 0 heterocycles. The molecule has 0 aromatic rings. The van der Waals surface area contributed by atoms with E-state index in [-0.39, 0.29) is 5.91 Å². The highest BCUT2D eigenvalue weighted by atomic mass is 16.3. The van der Waals surface area contributed by atoms with Gasteiger partial charge in [-0.25, -0.2) is 0 Å². The molecular formula is C6H12NO2. The molecule has 9 heavy (non-hydrogen) atoms. The molecule has 1 radical (unpaired) electrons. The van der Waals surface area contributed by atoms with Crippen molar-refractivity contribution in [2.45, 2.75) is 13.3 Å². The third kappa shape index (κ3) is 3.08. The lowest BCUT2D eigenvalue weighted by Crippen LogP contribution is -2.26. The molecule has 0 fully saturated rings. The molecule has 0 spiro atoms. The molecule has 3 heteroatoms. The van der Waals surface area contributed by atoms with Crippen LogP contribution < -0.4 is 0 Å². The summed E-state index contributed by atoms with van der Waals surface area (Å²) in [6.07, 6.45) is 0.490. The Kier molecular flexibility index (Phi) is 4.05. The number of carbonyl (C=O) groups is 1. The number of hydrogen-bond acceptors (Lipinski definition) is 2. The molecule has 0 aliphatic heterocycles. The van der Waals surface area contributed by atoms with Crippen LogP contribution in [-0.4, -0.2) is 29.5 Å². The van der Waals surface area contributed by atoms with Crippen LogP contribution in [0.1, 0.15) is 13.3 Å². The first-order chi connectivity index (χ1) is 4.22. The fraction of sp³-hybridized carbons (Fsp3) is 0.667. The predicted octanol–water partition coefficient (Wildman–Crippen LogP) is 0.389. The Morgan fingerprint density at radius 2 is 2.33 bits per heavy atom. The lowest BCUT2D eigenvalue weighted by atomic mass is 10.4. The minimum atomic E-state index is 0.0419. The van der Waals surface area contributed by atoms with Crippen LogP contribution in [0.3, 0.4) is 0 Å². The Balaban J connectivity index is 3.45. The van der Waals surface area contributed by atoms with Gasteiger partial charge in [0, 0.05) is 20.0 Å². The van der Waals surface area contributed by atoms with E-state index in [1.165, 1.54) is 4.90 Å². The van der Waals surface area contributed by atoms with Crippen molar-refractivity contribution in [3.05, 3.63) is 6.61 Å². The number of carbonyl (C=O) groups excluding carboxylic acids is 1. The molecule has 0 aliphatic carbocycles.